The molecular formula is C24H32N2. The summed E-state index contributed by atoms with van der Waals surface area (Å²) in [5.41, 5.74) is 5.38. The van der Waals surface area contributed by atoms with Crippen LogP contribution >= 0.6 is 0 Å². The average molecular weight is 349 g/mol. The number of anilines is 2. The van der Waals surface area contributed by atoms with Gasteiger partial charge in [0.25, 0.3) is 0 Å². The Morgan fingerprint density at radius 2 is 1.54 bits per heavy atom. The van der Waals surface area contributed by atoms with Crippen LogP contribution in [0.1, 0.15) is 34.1 Å². The molecule has 2 aliphatic rings. The maximum absolute atomic E-state index is 2.55. The van der Waals surface area contributed by atoms with Gasteiger partial charge >= 0.3 is 0 Å². The quantitative estimate of drug-likeness (QED) is 0.686. The SMILES string of the molecule is CC(C)C1CN(c2cccc(-c3ccc(N4CCC4C(C)C)cc3)c2)C1. The summed E-state index contributed by atoms with van der Waals surface area (Å²) in [4.78, 5) is 5.06. The van der Waals surface area contributed by atoms with Crippen LogP contribution in [-0.2, 0) is 0 Å². The first kappa shape index (κ1) is 17.5. The van der Waals surface area contributed by atoms with Gasteiger partial charge in [0.05, 0.1) is 0 Å². The lowest BCUT2D eigenvalue weighted by atomic mass is 9.88. The van der Waals surface area contributed by atoms with Crippen LogP contribution in [0.15, 0.2) is 48.5 Å². The maximum atomic E-state index is 2.55. The summed E-state index contributed by atoms with van der Waals surface area (Å²) in [6, 6.07) is 18.9. The van der Waals surface area contributed by atoms with Crippen LogP contribution in [0.25, 0.3) is 11.1 Å². The number of rotatable bonds is 5. The Labute approximate surface area is 158 Å². The van der Waals surface area contributed by atoms with Gasteiger partial charge < -0.3 is 9.80 Å². The van der Waals surface area contributed by atoms with Crippen molar-refractivity contribution in [3.8, 4) is 11.1 Å². The molecule has 0 bridgehead atoms. The van der Waals surface area contributed by atoms with Gasteiger partial charge in [0.1, 0.15) is 0 Å². The molecule has 0 saturated carbocycles. The molecule has 1 atom stereocenters. The largest absolute Gasteiger partial charge is 0.371 e. The molecule has 2 heteroatoms. The summed E-state index contributed by atoms with van der Waals surface area (Å²) in [5.74, 6) is 2.37. The first-order valence-electron chi connectivity index (χ1n) is 10.2. The minimum Gasteiger partial charge on any atom is -0.371 e. The smallest absolute Gasteiger partial charge is 0.0372 e. The van der Waals surface area contributed by atoms with Gasteiger partial charge in [0.15, 0.2) is 0 Å². The van der Waals surface area contributed by atoms with Crippen molar-refractivity contribution in [1.82, 2.24) is 0 Å². The van der Waals surface area contributed by atoms with Crippen molar-refractivity contribution < 1.29 is 0 Å². The Hall–Kier alpha value is -1.96. The van der Waals surface area contributed by atoms with Crippen LogP contribution in [0.5, 0.6) is 0 Å². The molecule has 2 aromatic carbocycles. The molecule has 0 radical (unpaired) electrons. The van der Waals surface area contributed by atoms with Crippen LogP contribution in [-0.4, -0.2) is 25.7 Å². The molecule has 0 aliphatic carbocycles. The molecule has 2 aliphatic heterocycles. The Morgan fingerprint density at radius 1 is 0.808 bits per heavy atom. The summed E-state index contributed by atoms with van der Waals surface area (Å²) in [7, 11) is 0. The Kier molecular flexibility index (Phi) is 4.69. The van der Waals surface area contributed by atoms with E-state index < -0.39 is 0 Å². The van der Waals surface area contributed by atoms with Crippen molar-refractivity contribution in [2.45, 2.75) is 40.2 Å². The molecule has 0 N–H and O–H groups in total. The predicted molar refractivity (Wildman–Crippen MR) is 113 cm³/mol. The van der Waals surface area contributed by atoms with E-state index in [1.54, 1.807) is 0 Å². The normalized spacial score (nSPS) is 20.5. The zero-order valence-electron chi connectivity index (χ0n) is 16.7. The summed E-state index contributed by atoms with van der Waals surface area (Å²) in [6.45, 7) is 12.9. The van der Waals surface area contributed by atoms with Crippen LogP contribution in [0.2, 0.25) is 0 Å². The van der Waals surface area contributed by atoms with Crippen LogP contribution < -0.4 is 9.80 Å². The summed E-state index contributed by atoms with van der Waals surface area (Å²) in [5, 5.41) is 0. The summed E-state index contributed by atoms with van der Waals surface area (Å²) in [6.07, 6.45) is 1.33. The molecule has 2 fully saturated rings. The molecule has 1 unspecified atom stereocenters. The van der Waals surface area contributed by atoms with Gasteiger partial charge in [-0.1, -0.05) is 52.0 Å². The minimum atomic E-state index is 0.712. The Bertz CT molecular complexity index is 741. The van der Waals surface area contributed by atoms with Crippen LogP contribution in [0, 0.1) is 17.8 Å². The second kappa shape index (κ2) is 6.98. The van der Waals surface area contributed by atoms with E-state index in [0.29, 0.717) is 6.04 Å². The monoisotopic (exact) mass is 348 g/mol. The first-order chi connectivity index (χ1) is 12.5. The maximum Gasteiger partial charge on any atom is 0.0372 e. The first-order valence-corrected chi connectivity index (χ1v) is 10.2. The lowest BCUT2D eigenvalue weighted by Crippen LogP contribution is -2.50. The van der Waals surface area contributed by atoms with Crippen molar-refractivity contribution in [2.24, 2.45) is 17.8 Å². The second-order valence-corrected chi connectivity index (χ2v) is 8.80. The van der Waals surface area contributed by atoms with E-state index in [-0.39, 0.29) is 0 Å². The standard InChI is InChI=1S/C24H32N2/c1-17(2)21-15-25(16-21)23-7-5-6-20(14-23)19-8-10-22(11-9-19)26-13-12-24(26)18(3)4/h5-11,14,17-18,21,24H,12-13,15-16H2,1-4H3. The van der Waals surface area contributed by atoms with Crippen molar-refractivity contribution in [2.75, 3.05) is 29.4 Å². The van der Waals surface area contributed by atoms with E-state index >= 15 is 0 Å². The molecule has 0 aromatic heterocycles. The van der Waals surface area contributed by atoms with E-state index in [0.717, 1.165) is 17.8 Å². The highest BCUT2D eigenvalue weighted by atomic mass is 15.2. The van der Waals surface area contributed by atoms with E-state index in [1.165, 1.54) is 48.6 Å². The fraction of sp³-hybridized carbons (Fsp3) is 0.500. The van der Waals surface area contributed by atoms with E-state index in [2.05, 4.69) is 86.0 Å². The van der Waals surface area contributed by atoms with Gasteiger partial charge in [-0.15, -0.1) is 0 Å². The molecule has 2 nitrogen and oxygen atoms in total. The molecule has 138 valence electrons. The van der Waals surface area contributed by atoms with Crippen LogP contribution in [0.4, 0.5) is 11.4 Å². The number of nitrogens with zero attached hydrogens (tertiary/aromatic N) is 2. The third-order valence-corrected chi connectivity index (χ3v) is 6.43. The lowest BCUT2D eigenvalue weighted by Gasteiger charge is -2.45. The highest BCUT2D eigenvalue weighted by Crippen LogP contribution is 2.34. The minimum absolute atomic E-state index is 0.712. The predicted octanol–water partition coefficient (Wildman–Crippen LogP) is 5.68. The Balaban J connectivity index is 1.47. The average Bonchev–Trinajstić information content (AvgIpc) is 2.52. The van der Waals surface area contributed by atoms with Crippen molar-refractivity contribution in [1.29, 1.82) is 0 Å². The molecule has 0 amide bonds. The number of hydrogen-bond acceptors (Lipinski definition) is 2. The van der Waals surface area contributed by atoms with Gasteiger partial charge in [-0.05, 0) is 59.6 Å². The zero-order valence-corrected chi connectivity index (χ0v) is 16.7. The molecule has 4 rings (SSSR count). The molecule has 2 heterocycles. The number of benzene rings is 2. The fourth-order valence-electron chi connectivity index (χ4n) is 4.29. The van der Waals surface area contributed by atoms with Gasteiger partial charge in [-0.3, -0.25) is 0 Å². The molecule has 2 aromatic rings. The highest BCUT2D eigenvalue weighted by molar-refractivity contribution is 5.71. The lowest BCUT2D eigenvalue weighted by molar-refractivity contribution is 0.310. The topological polar surface area (TPSA) is 6.48 Å². The molecular weight excluding hydrogens is 316 g/mol. The third-order valence-electron chi connectivity index (χ3n) is 6.43. The molecule has 2 saturated heterocycles. The Morgan fingerprint density at radius 3 is 2.12 bits per heavy atom. The fourth-order valence-corrected chi connectivity index (χ4v) is 4.29. The molecule has 26 heavy (non-hydrogen) atoms. The second-order valence-electron chi connectivity index (χ2n) is 8.80. The van der Waals surface area contributed by atoms with E-state index in [4.69, 9.17) is 0 Å². The van der Waals surface area contributed by atoms with Crippen molar-refractivity contribution >= 4 is 11.4 Å². The van der Waals surface area contributed by atoms with Gasteiger partial charge in [-0.25, -0.2) is 0 Å². The van der Waals surface area contributed by atoms with Gasteiger partial charge in [-0.2, -0.15) is 0 Å². The third kappa shape index (κ3) is 3.22. The van der Waals surface area contributed by atoms with Crippen LogP contribution in [0.3, 0.4) is 0 Å². The summed E-state index contributed by atoms with van der Waals surface area (Å²) < 4.78 is 0. The van der Waals surface area contributed by atoms with Crippen molar-refractivity contribution in [3.63, 3.8) is 0 Å². The van der Waals surface area contributed by atoms with Gasteiger partial charge in [0.2, 0.25) is 0 Å². The molecule has 0 spiro atoms. The number of hydrogen-bond donors (Lipinski definition) is 0. The van der Waals surface area contributed by atoms with E-state index in [1.807, 2.05) is 0 Å². The highest BCUT2D eigenvalue weighted by Gasteiger charge is 2.31. The van der Waals surface area contributed by atoms with Gasteiger partial charge in [0, 0.05) is 37.1 Å². The van der Waals surface area contributed by atoms with Crippen molar-refractivity contribution in [3.05, 3.63) is 48.5 Å². The summed E-state index contributed by atoms with van der Waals surface area (Å²) >= 11 is 0. The van der Waals surface area contributed by atoms with E-state index in [9.17, 15) is 0 Å². The zero-order chi connectivity index (χ0) is 18.3.